The van der Waals surface area contributed by atoms with Crippen LogP contribution in [-0.2, 0) is 14.6 Å². The maximum Gasteiger partial charge on any atom is 0.238 e. The van der Waals surface area contributed by atoms with Crippen LogP contribution in [0.15, 0.2) is 0 Å². The molecule has 2 atom stereocenters. The summed E-state index contributed by atoms with van der Waals surface area (Å²) in [7, 11) is -3.41. The van der Waals surface area contributed by atoms with Crippen LogP contribution in [0.3, 0.4) is 0 Å². The van der Waals surface area contributed by atoms with E-state index < -0.39 is 21.0 Å². The molecule has 0 aromatic carbocycles. The number of amides is 1. The fourth-order valence-electron chi connectivity index (χ4n) is 1.50. The number of nitrogens with one attached hydrogen (secondary N) is 1. The Balaban J connectivity index is 4.52. The van der Waals surface area contributed by atoms with Gasteiger partial charge in [-0.05, 0) is 33.1 Å². The highest BCUT2D eigenvalue weighted by Crippen LogP contribution is 2.07. The van der Waals surface area contributed by atoms with Crippen molar-refractivity contribution in [1.82, 2.24) is 5.32 Å². The molecule has 108 valence electrons. The van der Waals surface area contributed by atoms with Crippen molar-refractivity contribution in [3.63, 3.8) is 0 Å². The Morgan fingerprint density at radius 3 is 2.11 bits per heavy atom. The summed E-state index contributed by atoms with van der Waals surface area (Å²) in [6, 6.07) is -0.127. The Labute approximate surface area is 110 Å². The SMILES string of the molecule is CCC(CC)NC(=O)C(C)S(=O)(=O)CCC(C)N. The Morgan fingerprint density at radius 1 is 1.22 bits per heavy atom. The molecule has 6 heteroatoms. The molecule has 0 aromatic heterocycles. The molecule has 0 saturated heterocycles. The number of nitrogens with two attached hydrogens (primary N) is 1. The average molecular weight is 278 g/mol. The van der Waals surface area contributed by atoms with Crippen LogP contribution in [-0.4, -0.2) is 37.4 Å². The van der Waals surface area contributed by atoms with E-state index in [4.69, 9.17) is 5.73 Å². The van der Waals surface area contributed by atoms with Crippen LogP contribution in [0.25, 0.3) is 0 Å². The molecular formula is C12H26N2O3S. The van der Waals surface area contributed by atoms with Gasteiger partial charge in [-0.3, -0.25) is 4.79 Å². The highest BCUT2D eigenvalue weighted by Gasteiger charge is 2.28. The second kappa shape index (κ2) is 7.74. The van der Waals surface area contributed by atoms with Gasteiger partial charge in [0.05, 0.1) is 5.75 Å². The first-order valence-electron chi connectivity index (χ1n) is 6.52. The summed E-state index contributed by atoms with van der Waals surface area (Å²) in [6.07, 6.45) is 1.98. The van der Waals surface area contributed by atoms with Crippen molar-refractivity contribution in [2.24, 2.45) is 5.73 Å². The van der Waals surface area contributed by atoms with Gasteiger partial charge in [0.25, 0.3) is 0 Å². The molecule has 0 aliphatic rings. The van der Waals surface area contributed by atoms with E-state index in [0.717, 1.165) is 12.8 Å². The lowest BCUT2D eigenvalue weighted by molar-refractivity contribution is -0.121. The van der Waals surface area contributed by atoms with Gasteiger partial charge in [-0.25, -0.2) is 8.42 Å². The van der Waals surface area contributed by atoms with Gasteiger partial charge in [-0.1, -0.05) is 13.8 Å². The number of sulfone groups is 1. The van der Waals surface area contributed by atoms with Crippen LogP contribution < -0.4 is 11.1 Å². The van der Waals surface area contributed by atoms with Crippen molar-refractivity contribution in [2.75, 3.05) is 5.75 Å². The molecule has 0 rings (SSSR count). The average Bonchev–Trinajstić information content (AvgIpc) is 2.32. The van der Waals surface area contributed by atoms with Crippen LogP contribution in [0.5, 0.6) is 0 Å². The molecule has 0 saturated carbocycles. The first kappa shape index (κ1) is 17.4. The van der Waals surface area contributed by atoms with Crippen LogP contribution in [0, 0.1) is 0 Å². The van der Waals surface area contributed by atoms with E-state index in [9.17, 15) is 13.2 Å². The minimum Gasteiger partial charge on any atom is -0.352 e. The zero-order valence-corrected chi connectivity index (χ0v) is 12.6. The molecular weight excluding hydrogens is 252 g/mol. The van der Waals surface area contributed by atoms with Gasteiger partial charge in [-0.2, -0.15) is 0 Å². The fraction of sp³-hybridized carbons (Fsp3) is 0.917. The summed E-state index contributed by atoms with van der Waals surface area (Å²) in [5, 5.41) is 1.76. The molecule has 0 radical (unpaired) electrons. The van der Waals surface area contributed by atoms with E-state index in [0.29, 0.717) is 6.42 Å². The summed E-state index contributed by atoms with van der Waals surface area (Å²) >= 11 is 0. The van der Waals surface area contributed by atoms with Gasteiger partial charge in [0.1, 0.15) is 5.25 Å². The Hall–Kier alpha value is -0.620. The van der Waals surface area contributed by atoms with Crippen molar-refractivity contribution < 1.29 is 13.2 Å². The lowest BCUT2D eigenvalue weighted by Crippen LogP contribution is -2.43. The summed E-state index contributed by atoms with van der Waals surface area (Å²) < 4.78 is 23.8. The third kappa shape index (κ3) is 5.82. The van der Waals surface area contributed by atoms with Gasteiger partial charge in [0.15, 0.2) is 9.84 Å². The van der Waals surface area contributed by atoms with Crippen molar-refractivity contribution in [2.45, 2.75) is 64.3 Å². The zero-order valence-electron chi connectivity index (χ0n) is 11.8. The van der Waals surface area contributed by atoms with Gasteiger partial charge in [0.2, 0.25) is 5.91 Å². The summed E-state index contributed by atoms with van der Waals surface area (Å²) in [5.74, 6) is -0.448. The van der Waals surface area contributed by atoms with E-state index in [1.165, 1.54) is 6.92 Å². The second-order valence-corrected chi connectivity index (χ2v) is 7.24. The topological polar surface area (TPSA) is 89.3 Å². The summed E-state index contributed by atoms with van der Waals surface area (Å²) in [6.45, 7) is 7.12. The van der Waals surface area contributed by atoms with E-state index >= 15 is 0 Å². The maximum atomic E-state index is 11.9. The van der Waals surface area contributed by atoms with E-state index in [-0.39, 0.29) is 17.8 Å². The predicted molar refractivity (Wildman–Crippen MR) is 74.0 cm³/mol. The lowest BCUT2D eigenvalue weighted by atomic mass is 10.2. The monoisotopic (exact) mass is 278 g/mol. The number of carbonyl (C=O) groups is 1. The lowest BCUT2D eigenvalue weighted by Gasteiger charge is -2.19. The smallest absolute Gasteiger partial charge is 0.238 e. The molecule has 0 aliphatic carbocycles. The number of carbonyl (C=O) groups excluding carboxylic acids is 1. The standard InChI is InChI=1S/C12H26N2O3S/c1-5-11(6-2)14-12(15)10(4)18(16,17)8-7-9(3)13/h9-11H,5-8,13H2,1-4H3,(H,14,15). The van der Waals surface area contributed by atoms with Crippen LogP contribution in [0.4, 0.5) is 0 Å². The summed E-state index contributed by atoms with van der Waals surface area (Å²) in [4.78, 5) is 11.8. The Bertz CT molecular complexity index is 348. The molecule has 0 bridgehead atoms. The van der Waals surface area contributed by atoms with Crippen LogP contribution in [0.1, 0.15) is 47.0 Å². The quantitative estimate of drug-likeness (QED) is 0.688. The zero-order chi connectivity index (χ0) is 14.3. The van der Waals surface area contributed by atoms with Crippen molar-refractivity contribution >= 4 is 15.7 Å². The van der Waals surface area contributed by atoms with Crippen molar-refractivity contribution in [3.8, 4) is 0 Å². The largest absolute Gasteiger partial charge is 0.352 e. The van der Waals surface area contributed by atoms with Gasteiger partial charge < -0.3 is 11.1 Å². The summed E-state index contributed by atoms with van der Waals surface area (Å²) in [5.41, 5.74) is 5.53. The fourth-order valence-corrected chi connectivity index (χ4v) is 2.95. The molecule has 0 fully saturated rings. The molecule has 1 amide bonds. The van der Waals surface area contributed by atoms with E-state index in [1.54, 1.807) is 6.92 Å². The molecule has 3 N–H and O–H groups in total. The minimum absolute atomic E-state index is 0.0395. The molecule has 0 heterocycles. The van der Waals surface area contributed by atoms with Gasteiger partial charge in [0, 0.05) is 12.1 Å². The van der Waals surface area contributed by atoms with Gasteiger partial charge >= 0.3 is 0 Å². The Kier molecular flexibility index (Phi) is 7.47. The minimum atomic E-state index is -3.41. The van der Waals surface area contributed by atoms with Gasteiger partial charge in [-0.15, -0.1) is 0 Å². The predicted octanol–water partition coefficient (Wildman–Crippen LogP) is 0.832. The van der Waals surface area contributed by atoms with E-state index in [1.807, 2.05) is 13.8 Å². The number of hydrogen-bond acceptors (Lipinski definition) is 4. The maximum absolute atomic E-state index is 11.9. The molecule has 2 unspecified atom stereocenters. The molecule has 0 aliphatic heterocycles. The first-order chi connectivity index (χ1) is 8.24. The molecule has 5 nitrogen and oxygen atoms in total. The van der Waals surface area contributed by atoms with Crippen molar-refractivity contribution in [3.05, 3.63) is 0 Å². The number of rotatable bonds is 8. The highest BCUT2D eigenvalue weighted by molar-refractivity contribution is 7.92. The Morgan fingerprint density at radius 2 is 1.72 bits per heavy atom. The van der Waals surface area contributed by atoms with Crippen molar-refractivity contribution in [1.29, 1.82) is 0 Å². The van der Waals surface area contributed by atoms with Crippen LogP contribution >= 0.6 is 0 Å². The number of hydrogen-bond donors (Lipinski definition) is 2. The second-order valence-electron chi connectivity index (χ2n) is 4.80. The van der Waals surface area contributed by atoms with Crippen LogP contribution in [0.2, 0.25) is 0 Å². The normalized spacial score (nSPS) is 15.4. The molecule has 0 spiro atoms. The third-order valence-electron chi connectivity index (χ3n) is 3.10. The molecule has 0 aromatic rings. The first-order valence-corrected chi connectivity index (χ1v) is 8.23. The highest BCUT2D eigenvalue weighted by atomic mass is 32.2. The van der Waals surface area contributed by atoms with E-state index in [2.05, 4.69) is 5.32 Å². The third-order valence-corrected chi connectivity index (χ3v) is 5.19. The molecule has 18 heavy (non-hydrogen) atoms.